The van der Waals surface area contributed by atoms with Crippen LogP contribution in [0.3, 0.4) is 0 Å². The van der Waals surface area contributed by atoms with Gasteiger partial charge in [0.1, 0.15) is 5.75 Å². The molecule has 2 N–H and O–H groups in total. The highest BCUT2D eigenvalue weighted by molar-refractivity contribution is 5.40. The second-order valence-electron chi connectivity index (χ2n) is 2.78. The number of para-hydroxylation sites is 1. The Bertz CT molecular complexity index is 305. The Balaban J connectivity index is 2.96. The normalized spacial score (nSPS) is 10.6. The van der Waals surface area contributed by atoms with Crippen LogP contribution < -0.4 is 10.2 Å². The van der Waals surface area contributed by atoms with Gasteiger partial charge in [0.05, 0.1) is 0 Å². The smallest absolute Gasteiger partial charge is 0.387 e. The van der Waals surface area contributed by atoms with Crippen LogP contribution >= 0.6 is 0 Å². The van der Waals surface area contributed by atoms with E-state index >= 15 is 0 Å². The van der Waals surface area contributed by atoms with Gasteiger partial charge in [0.15, 0.2) is 0 Å². The SMILES string of the molecule is Cc1cccc(CNO)c1OC(F)F. The van der Waals surface area contributed by atoms with Gasteiger partial charge >= 0.3 is 6.61 Å². The van der Waals surface area contributed by atoms with Crippen molar-refractivity contribution >= 4 is 0 Å². The molecule has 5 heteroatoms. The average molecular weight is 203 g/mol. The molecule has 0 atom stereocenters. The number of halogens is 2. The molecule has 78 valence electrons. The van der Waals surface area contributed by atoms with Crippen molar-refractivity contribution in [2.24, 2.45) is 0 Å². The van der Waals surface area contributed by atoms with E-state index in [1.807, 2.05) is 5.48 Å². The van der Waals surface area contributed by atoms with Crippen LogP contribution in [0.15, 0.2) is 18.2 Å². The maximum absolute atomic E-state index is 12.0. The number of aryl methyl sites for hydroxylation is 1. The van der Waals surface area contributed by atoms with Crippen LogP contribution in [0.1, 0.15) is 11.1 Å². The summed E-state index contributed by atoms with van der Waals surface area (Å²) >= 11 is 0. The number of hydroxylamine groups is 1. The molecule has 0 radical (unpaired) electrons. The molecular weight excluding hydrogens is 192 g/mol. The lowest BCUT2D eigenvalue weighted by Gasteiger charge is -2.12. The van der Waals surface area contributed by atoms with Crippen molar-refractivity contribution in [1.29, 1.82) is 0 Å². The summed E-state index contributed by atoms with van der Waals surface area (Å²) in [6.45, 7) is -1.11. The molecule has 0 aliphatic carbocycles. The lowest BCUT2D eigenvalue weighted by Crippen LogP contribution is -2.11. The molecule has 1 rings (SSSR count). The quantitative estimate of drug-likeness (QED) is 0.736. The van der Waals surface area contributed by atoms with E-state index in [9.17, 15) is 8.78 Å². The van der Waals surface area contributed by atoms with E-state index in [4.69, 9.17) is 5.21 Å². The number of benzene rings is 1. The molecule has 0 saturated heterocycles. The van der Waals surface area contributed by atoms with Crippen molar-refractivity contribution in [2.45, 2.75) is 20.1 Å². The van der Waals surface area contributed by atoms with Crippen molar-refractivity contribution in [2.75, 3.05) is 0 Å². The number of hydrogen-bond donors (Lipinski definition) is 2. The fraction of sp³-hybridized carbons (Fsp3) is 0.333. The molecule has 1 aromatic carbocycles. The van der Waals surface area contributed by atoms with Crippen LogP contribution in [-0.4, -0.2) is 11.8 Å². The van der Waals surface area contributed by atoms with Crippen LogP contribution in [0.5, 0.6) is 5.75 Å². The molecular formula is C9H11F2NO2. The fourth-order valence-electron chi connectivity index (χ4n) is 1.20. The zero-order chi connectivity index (χ0) is 10.6. The van der Waals surface area contributed by atoms with E-state index in [1.165, 1.54) is 0 Å². The van der Waals surface area contributed by atoms with Crippen LogP contribution in [0.4, 0.5) is 8.78 Å². The summed E-state index contributed by atoms with van der Waals surface area (Å²) in [6.07, 6.45) is 0. The minimum Gasteiger partial charge on any atom is -0.434 e. The molecule has 3 nitrogen and oxygen atoms in total. The molecule has 0 saturated carbocycles. The maximum Gasteiger partial charge on any atom is 0.387 e. The minimum atomic E-state index is -2.85. The van der Waals surface area contributed by atoms with Gasteiger partial charge in [0.25, 0.3) is 0 Å². The van der Waals surface area contributed by atoms with Crippen molar-refractivity contribution in [1.82, 2.24) is 5.48 Å². The minimum absolute atomic E-state index is 0.0731. The van der Waals surface area contributed by atoms with E-state index < -0.39 is 6.61 Å². The Morgan fingerprint density at radius 3 is 2.79 bits per heavy atom. The third-order valence-corrected chi connectivity index (χ3v) is 1.77. The van der Waals surface area contributed by atoms with Gasteiger partial charge in [0, 0.05) is 12.1 Å². The maximum atomic E-state index is 12.0. The van der Waals surface area contributed by atoms with E-state index in [2.05, 4.69) is 4.74 Å². The molecule has 0 fully saturated rings. The molecule has 0 bridgehead atoms. The lowest BCUT2D eigenvalue weighted by atomic mass is 10.1. The Morgan fingerprint density at radius 2 is 2.21 bits per heavy atom. The van der Waals surface area contributed by atoms with Crippen LogP contribution in [0.25, 0.3) is 0 Å². The Labute approximate surface area is 80.3 Å². The Kier molecular flexibility index (Phi) is 3.79. The van der Waals surface area contributed by atoms with Crippen LogP contribution in [0, 0.1) is 6.92 Å². The molecule has 1 aromatic rings. The second-order valence-corrected chi connectivity index (χ2v) is 2.78. The summed E-state index contributed by atoms with van der Waals surface area (Å²) in [4.78, 5) is 0. The van der Waals surface area contributed by atoms with Gasteiger partial charge in [-0.05, 0) is 12.5 Å². The summed E-state index contributed by atoms with van der Waals surface area (Å²) in [7, 11) is 0. The summed E-state index contributed by atoms with van der Waals surface area (Å²) in [5, 5.41) is 8.48. The molecule has 0 heterocycles. The van der Waals surface area contributed by atoms with Crippen molar-refractivity contribution < 1.29 is 18.7 Å². The lowest BCUT2D eigenvalue weighted by molar-refractivity contribution is -0.0512. The van der Waals surface area contributed by atoms with Crippen molar-refractivity contribution in [3.8, 4) is 5.75 Å². The van der Waals surface area contributed by atoms with Gasteiger partial charge in [-0.1, -0.05) is 18.2 Å². The third kappa shape index (κ3) is 2.65. The van der Waals surface area contributed by atoms with Gasteiger partial charge in [-0.15, -0.1) is 0 Å². The van der Waals surface area contributed by atoms with Crippen molar-refractivity contribution in [3.05, 3.63) is 29.3 Å². The molecule has 0 aliphatic heterocycles. The first-order valence-corrected chi connectivity index (χ1v) is 4.05. The van der Waals surface area contributed by atoms with Crippen molar-refractivity contribution in [3.63, 3.8) is 0 Å². The van der Waals surface area contributed by atoms with Gasteiger partial charge in [-0.2, -0.15) is 8.78 Å². The van der Waals surface area contributed by atoms with Gasteiger partial charge in [0.2, 0.25) is 0 Å². The molecule has 0 spiro atoms. The summed E-state index contributed by atoms with van der Waals surface area (Å²) in [6, 6.07) is 4.98. The molecule has 14 heavy (non-hydrogen) atoms. The first-order chi connectivity index (χ1) is 6.65. The molecule has 0 unspecified atom stereocenters. The number of rotatable bonds is 4. The molecule has 0 aliphatic rings. The fourth-order valence-corrected chi connectivity index (χ4v) is 1.20. The number of nitrogens with one attached hydrogen (secondary N) is 1. The van der Waals surface area contributed by atoms with Crippen LogP contribution in [-0.2, 0) is 6.54 Å². The van der Waals surface area contributed by atoms with E-state index in [-0.39, 0.29) is 12.3 Å². The highest BCUT2D eigenvalue weighted by atomic mass is 19.3. The molecule has 0 aromatic heterocycles. The number of alkyl halides is 2. The zero-order valence-corrected chi connectivity index (χ0v) is 7.63. The predicted octanol–water partition coefficient (Wildman–Crippen LogP) is 2.08. The second kappa shape index (κ2) is 4.88. The summed E-state index contributed by atoms with van der Waals surface area (Å²) in [5.74, 6) is 0.115. The topological polar surface area (TPSA) is 41.5 Å². The highest BCUT2D eigenvalue weighted by Crippen LogP contribution is 2.24. The largest absolute Gasteiger partial charge is 0.434 e. The van der Waals surface area contributed by atoms with Gasteiger partial charge in [-0.3, -0.25) is 0 Å². The Morgan fingerprint density at radius 1 is 1.50 bits per heavy atom. The number of ether oxygens (including phenoxy) is 1. The standard InChI is InChI=1S/C9H11F2NO2/c1-6-3-2-4-7(5-12-13)8(6)14-9(10)11/h2-4,9,12-13H,5H2,1H3. The van der Waals surface area contributed by atoms with E-state index in [0.29, 0.717) is 11.1 Å². The first kappa shape index (κ1) is 10.9. The monoisotopic (exact) mass is 203 g/mol. The van der Waals surface area contributed by atoms with Crippen LogP contribution in [0.2, 0.25) is 0 Å². The summed E-state index contributed by atoms with van der Waals surface area (Å²) < 4.78 is 28.4. The first-order valence-electron chi connectivity index (χ1n) is 4.05. The number of hydrogen-bond acceptors (Lipinski definition) is 3. The zero-order valence-electron chi connectivity index (χ0n) is 7.63. The Hall–Kier alpha value is -1.20. The average Bonchev–Trinajstić information content (AvgIpc) is 2.11. The summed E-state index contributed by atoms with van der Waals surface area (Å²) in [5.41, 5.74) is 3.00. The van der Waals surface area contributed by atoms with E-state index in [0.717, 1.165) is 0 Å². The van der Waals surface area contributed by atoms with E-state index in [1.54, 1.807) is 25.1 Å². The predicted molar refractivity (Wildman–Crippen MR) is 46.4 cm³/mol. The highest BCUT2D eigenvalue weighted by Gasteiger charge is 2.11. The third-order valence-electron chi connectivity index (χ3n) is 1.77. The molecule has 0 amide bonds. The van der Waals surface area contributed by atoms with Gasteiger partial charge < -0.3 is 9.94 Å². The van der Waals surface area contributed by atoms with Gasteiger partial charge in [-0.25, -0.2) is 5.48 Å².